The van der Waals surface area contributed by atoms with Gasteiger partial charge in [0, 0.05) is 20.1 Å². The Bertz CT molecular complexity index is 583. The summed E-state index contributed by atoms with van der Waals surface area (Å²) in [6.07, 6.45) is -2.07. The molecule has 0 bridgehead atoms. The Labute approximate surface area is 125 Å². The molecule has 0 radical (unpaired) electrons. The Hall–Kier alpha value is -2.39. The minimum atomic E-state index is -2.75. The van der Waals surface area contributed by atoms with Crippen LogP contribution in [0.15, 0.2) is 6.20 Å². The molecule has 0 unspecified atom stereocenters. The fourth-order valence-corrected chi connectivity index (χ4v) is 2.36. The number of ether oxygens (including phenoxy) is 1. The molecule has 0 aromatic carbocycles. The summed E-state index contributed by atoms with van der Waals surface area (Å²) >= 11 is 0. The molecular weight excluding hydrogens is 300 g/mol. The topological polar surface area (TPSA) is 88.5 Å². The number of hydrogen-bond donors (Lipinski definition) is 2. The number of aromatic nitrogens is 2. The predicted octanol–water partition coefficient (Wildman–Crippen LogP) is 1.32. The lowest BCUT2D eigenvalue weighted by Gasteiger charge is -2.47. The summed E-state index contributed by atoms with van der Waals surface area (Å²) in [5, 5.41) is 8.68. The molecule has 2 rings (SSSR count). The standard InChI is InChI=1S/C12H17F2N5O3/c1-12(5-19(6-12)11(21)22-3)17-10(20)16-7-4-15-18(2)8(7)9(13)14/h4,9H,5-6H2,1-3H3,(H2,16,17,20). The maximum absolute atomic E-state index is 12.9. The summed E-state index contributed by atoms with van der Waals surface area (Å²) in [6, 6.07) is -0.637. The van der Waals surface area contributed by atoms with Crippen LogP contribution < -0.4 is 10.6 Å². The van der Waals surface area contributed by atoms with Crippen LogP contribution in [0.25, 0.3) is 0 Å². The number of carbonyl (C=O) groups excluding carboxylic acids is 2. The van der Waals surface area contributed by atoms with Crippen molar-refractivity contribution in [2.24, 2.45) is 7.05 Å². The Kier molecular flexibility index (Phi) is 4.20. The van der Waals surface area contributed by atoms with E-state index in [1.165, 1.54) is 19.1 Å². The van der Waals surface area contributed by atoms with Crippen LogP contribution in [0.4, 0.5) is 24.1 Å². The highest BCUT2D eigenvalue weighted by Gasteiger charge is 2.43. The fourth-order valence-electron chi connectivity index (χ4n) is 2.36. The second-order valence-electron chi connectivity index (χ2n) is 5.33. The van der Waals surface area contributed by atoms with E-state index in [0.717, 1.165) is 10.9 Å². The Morgan fingerprint density at radius 2 is 2.09 bits per heavy atom. The minimum Gasteiger partial charge on any atom is -0.453 e. The number of nitrogens with zero attached hydrogens (tertiary/aromatic N) is 3. The summed E-state index contributed by atoms with van der Waals surface area (Å²) in [6.45, 7) is 2.30. The average Bonchev–Trinajstić information content (AvgIpc) is 2.75. The number of halogens is 2. The molecule has 1 aromatic rings. The van der Waals surface area contributed by atoms with Crippen LogP contribution in [0, 0.1) is 0 Å². The van der Waals surface area contributed by atoms with E-state index in [1.54, 1.807) is 6.92 Å². The Morgan fingerprint density at radius 1 is 1.45 bits per heavy atom. The second kappa shape index (κ2) is 5.78. The molecule has 0 spiro atoms. The van der Waals surface area contributed by atoms with Gasteiger partial charge in [0.1, 0.15) is 5.69 Å². The van der Waals surface area contributed by atoms with Gasteiger partial charge in [-0.3, -0.25) is 4.68 Å². The van der Waals surface area contributed by atoms with E-state index in [4.69, 9.17) is 0 Å². The number of likely N-dealkylation sites (tertiary alicyclic amines) is 1. The molecule has 22 heavy (non-hydrogen) atoms. The second-order valence-corrected chi connectivity index (χ2v) is 5.33. The van der Waals surface area contributed by atoms with Crippen molar-refractivity contribution < 1.29 is 23.1 Å². The van der Waals surface area contributed by atoms with E-state index in [0.29, 0.717) is 0 Å². The van der Waals surface area contributed by atoms with E-state index in [9.17, 15) is 18.4 Å². The number of hydrogen-bond acceptors (Lipinski definition) is 4. The Morgan fingerprint density at radius 3 is 2.64 bits per heavy atom. The number of aryl methyl sites for hydroxylation is 1. The van der Waals surface area contributed by atoms with Gasteiger partial charge in [-0.25, -0.2) is 18.4 Å². The smallest absolute Gasteiger partial charge is 0.409 e. The summed E-state index contributed by atoms with van der Waals surface area (Å²) in [4.78, 5) is 24.6. The van der Waals surface area contributed by atoms with E-state index in [1.807, 2.05) is 0 Å². The van der Waals surface area contributed by atoms with Gasteiger partial charge in [0.2, 0.25) is 0 Å². The van der Waals surface area contributed by atoms with Crippen molar-refractivity contribution in [3.8, 4) is 0 Å². The minimum absolute atomic E-state index is 0.0530. The van der Waals surface area contributed by atoms with E-state index >= 15 is 0 Å². The van der Waals surface area contributed by atoms with Gasteiger partial charge in [-0.2, -0.15) is 5.10 Å². The number of alkyl halides is 2. The first-order valence-corrected chi connectivity index (χ1v) is 6.48. The SMILES string of the molecule is COC(=O)N1CC(C)(NC(=O)Nc2cnn(C)c2C(F)F)C1. The summed E-state index contributed by atoms with van der Waals surface area (Å²) in [7, 11) is 2.64. The third-order valence-corrected chi connectivity index (χ3v) is 3.37. The van der Waals surface area contributed by atoms with Crippen LogP contribution in [0.3, 0.4) is 0 Å². The number of carbonyl (C=O) groups is 2. The van der Waals surface area contributed by atoms with Crippen molar-refractivity contribution >= 4 is 17.8 Å². The molecule has 0 atom stereocenters. The molecule has 0 aliphatic carbocycles. The zero-order chi connectivity index (χ0) is 16.5. The molecule has 122 valence electrons. The number of rotatable bonds is 3. The maximum atomic E-state index is 12.9. The van der Waals surface area contributed by atoms with Crippen LogP contribution >= 0.6 is 0 Å². The number of nitrogens with one attached hydrogen (secondary N) is 2. The molecule has 2 heterocycles. The number of anilines is 1. The van der Waals surface area contributed by atoms with Gasteiger partial charge in [-0.1, -0.05) is 0 Å². The highest BCUT2D eigenvalue weighted by atomic mass is 19.3. The predicted molar refractivity (Wildman–Crippen MR) is 72.7 cm³/mol. The molecule has 1 aliphatic heterocycles. The quantitative estimate of drug-likeness (QED) is 0.880. The molecule has 1 aliphatic rings. The third kappa shape index (κ3) is 3.10. The molecular formula is C12H17F2N5O3. The van der Waals surface area contributed by atoms with Gasteiger partial charge in [0.05, 0.1) is 24.5 Å². The van der Waals surface area contributed by atoms with Gasteiger partial charge in [0.25, 0.3) is 6.43 Å². The lowest BCUT2D eigenvalue weighted by molar-refractivity contribution is 0.0476. The molecule has 1 saturated heterocycles. The van der Waals surface area contributed by atoms with E-state index in [-0.39, 0.29) is 24.5 Å². The highest BCUT2D eigenvalue weighted by molar-refractivity contribution is 5.90. The van der Waals surface area contributed by atoms with Crippen LogP contribution in [0.2, 0.25) is 0 Å². The monoisotopic (exact) mass is 317 g/mol. The summed E-state index contributed by atoms with van der Waals surface area (Å²) in [5.41, 5.74) is -1.06. The molecule has 2 N–H and O–H groups in total. The molecule has 1 fully saturated rings. The number of methoxy groups -OCH3 is 1. The van der Waals surface area contributed by atoms with E-state index in [2.05, 4.69) is 20.5 Å². The van der Waals surface area contributed by atoms with Crippen molar-refractivity contribution in [3.05, 3.63) is 11.9 Å². The Balaban J connectivity index is 1.93. The molecule has 1 aromatic heterocycles. The van der Waals surface area contributed by atoms with Crippen LogP contribution in [0.1, 0.15) is 19.0 Å². The highest BCUT2D eigenvalue weighted by Crippen LogP contribution is 2.26. The lowest BCUT2D eigenvalue weighted by atomic mass is 9.93. The van der Waals surface area contributed by atoms with Crippen molar-refractivity contribution in [3.63, 3.8) is 0 Å². The van der Waals surface area contributed by atoms with Crippen molar-refractivity contribution in [1.82, 2.24) is 20.0 Å². The van der Waals surface area contributed by atoms with Gasteiger partial charge in [0.15, 0.2) is 0 Å². The van der Waals surface area contributed by atoms with Crippen molar-refractivity contribution in [2.45, 2.75) is 18.9 Å². The molecule has 10 heteroatoms. The van der Waals surface area contributed by atoms with Gasteiger partial charge >= 0.3 is 12.1 Å². The largest absolute Gasteiger partial charge is 0.453 e. The lowest BCUT2D eigenvalue weighted by Crippen LogP contribution is -2.70. The zero-order valence-corrected chi connectivity index (χ0v) is 12.4. The molecule has 8 nitrogen and oxygen atoms in total. The van der Waals surface area contributed by atoms with Gasteiger partial charge in [-0.15, -0.1) is 0 Å². The van der Waals surface area contributed by atoms with Crippen LogP contribution in [-0.4, -0.2) is 52.5 Å². The third-order valence-electron chi connectivity index (χ3n) is 3.37. The van der Waals surface area contributed by atoms with Crippen molar-refractivity contribution in [2.75, 3.05) is 25.5 Å². The normalized spacial score (nSPS) is 16.2. The number of urea groups is 1. The zero-order valence-electron chi connectivity index (χ0n) is 12.4. The van der Waals surface area contributed by atoms with Crippen LogP contribution in [0.5, 0.6) is 0 Å². The number of amides is 3. The average molecular weight is 317 g/mol. The summed E-state index contributed by atoms with van der Waals surface area (Å²) < 4.78 is 31.3. The first kappa shape index (κ1) is 16.0. The maximum Gasteiger partial charge on any atom is 0.409 e. The molecule has 3 amide bonds. The van der Waals surface area contributed by atoms with Gasteiger partial charge < -0.3 is 20.3 Å². The van der Waals surface area contributed by atoms with E-state index < -0.39 is 24.1 Å². The fraction of sp³-hybridized carbons (Fsp3) is 0.583. The van der Waals surface area contributed by atoms with Gasteiger partial charge in [-0.05, 0) is 6.92 Å². The summed E-state index contributed by atoms with van der Waals surface area (Å²) in [5.74, 6) is 0. The first-order valence-electron chi connectivity index (χ1n) is 6.48. The van der Waals surface area contributed by atoms with Crippen LogP contribution in [-0.2, 0) is 11.8 Å². The van der Waals surface area contributed by atoms with Crippen molar-refractivity contribution in [1.29, 1.82) is 0 Å². The molecule has 0 saturated carbocycles. The first-order chi connectivity index (χ1) is 10.3.